The maximum atomic E-state index is 12.9. The van der Waals surface area contributed by atoms with E-state index < -0.39 is 0 Å². The zero-order valence-electron chi connectivity index (χ0n) is 22.8. The molecule has 0 aliphatic carbocycles. The maximum Gasteiger partial charge on any atom is 0.179 e. The lowest BCUT2D eigenvalue weighted by atomic mass is 9.84. The SMILES string of the molecule is CC(C(=O)c1ccccc1)N1CCC(c2ccc(C3CCN(C(C)C(=O)c4ccccc4)CC3)cc2)CC1. The van der Waals surface area contributed by atoms with Crippen LogP contribution in [0.15, 0.2) is 84.9 Å². The van der Waals surface area contributed by atoms with Gasteiger partial charge in [-0.25, -0.2) is 0 Å². The van der Waals surface area contributed by atoms with E-state index in [0.717, 1.165) is 63.0 Å². The number of Topliss-reactive ketones (excluding diaryl/α,β-unsaturated/α-hetero) is 2. The molecule has 2 saturated heterocycles. The molecule has 2 aliphatic rings. The highest BCUT2D eigenvalue weighted by atomic mass is 16.1. The van der Waals surface area contributed by atoms with Crippen molar-refractivity contribution >= 4 is 11.6 Å². The summed E-state index contributed by atoms with van der Waals surface area (Å²) < 4.78 is 0. The molecule has 0 radical (unpaired) electrons. The molecule has 3 aromatic carbocycles. The molecule has 2 unspecified atom stereocenters. The molecule has 198 valence electrons. The van der Waals surface area contributed by atoms with Gasteiger partial charge in [-0.3, -0.25) is 19.4 Å². The van der Waals surface area contributed by atoms with Gasteiger partial charge in [0.25, 0.3) is 0 Å². The van der Waals surface area contributed by atoms with E-state index in [0.29, 0.717) is 11.8 Å². The molecule has 4 nitrogen and oxygen atoms in total. The molecule has 0 bridgehead atoms. The number of hydrogen-bond donors (Lipinski definition) is 0. The minimum absolute atomic E-state index is 0.0719. The topological polar surface area (TPSA) is 40.6 Å². The normalized spacial score (nSPS) is 19.6. The highest BCUT2D eigenvalue weighted by Crippen LogP contribution is 2.33. The minimum atomic E-state index is -0.0719. The van der Waals surface area contributed by atoms with E-state index in [2.05, 4.69) is 34.1 Å². The van der Waals surface area contributed by atoms with Gasteiger partial charge in [0.15, 0.2) is 11.6 Å². The van der Waals surface area contributed by atoms with E-state index in [4.69, 9.17) is 0 Å². The Hall–Kier alpha value is -3.08. The fraction of sp³-hybridized carbons (Fsp3) is 0.412. The number of carbonyl (C=O) groups is 2. The summed E-state index contributed by atoms with van der Waals surface area (Å²) in [5.74, 6) is 1.56. The molecule has 2 aliphatic heterocycles. The van der Waals surface area contributed by atoms with Crippen LogP contribution in [0.2, 0.25) is 0 Å². The summed E-state index contributed by atoms with van der Waals surface area (Å²) in [6.45, 7) is 7.95. The van der Waals surface area contributed by atoms with Crippen molar-refractivity contribution in [3.8, 4) is 0 Å². The number of benzene rings is 3. The molecule has 5 rings (SSSR count). The second-order valence-electron chi connectivity index (χ2n) is 11.1. The Balaban J connectivity index is 1.11. The summed E-state index contributed by atoms with van der Waals surface area (Å²) in [7, 11) is 0. The van der Waals surface area contributed by atoms with Crippen LogP contribution in [-0.4, -0.2) is 59.6 Å². The first-order valence-electron chi connectivity index (χ1n) is 14.3. The lowest BCUT2D eigenvalue weighted by Crippen LogP contribution is -2.43. The van der Waals surface area contributed by atoms with E-state index in [1.54, 1.807) is 0 Å². The summed E-state index contributed by atoms with van der Waals surface area (Å²) in [6, 6.07) is 28.5. The van der Waals surface area contributed by atoms with E-state index in [-0.39, 0.29) is 23.7 Å². The van der Waals surface area contributed by atoms with Crippen molar-refractivity contribution in [2.75, 3.05) is 26.2 Å². The smallest absolute Gasteiger partial charge is 0.179 e. The third kappa shape index (κ3) is 5.98. The Kier molecular flexibility index (Phi) is 8.51. The van der Waals surface area contributed by atoms with Crippen molar-refractivity contribution in [1.82, 2.24) is 9.80 Å². The van der Waals surface area contributed by atoms with Crippen LogP contribution >= 0.6 is 0 Å². The number of hydrogen-bond acceptors (Lipinski definition) is 4. The Bertz CT molecular complexity index is 1100. The van der Waals surface area contributed by atoms with Crippen LogP contribution < -0.4 is 0 Å². The van der Waals surface area contributed by atoms with E-state index in [1.807, 2.05) is 74.5 Å². The zero-order chi connectivity index (χ0) is 26.5. The van der Waals surface area contributed by atoms with Gasteiger partial charge in [-0.1, -0.05) is 84.9 Å². The van der Waals surface area contributed by atoms with Crippen LogP contribution in [0.3, 0.4) is 0 Å². The van der Waals surface area contributed by atoms with Gasteiger partial charge in [0.1, 0.15) is 0 Å². The largest absolute Gasteiger partial charge is 0.293 e. The Morgan fingerprint density at radius 1 is 0.553 bits per heavy atom. The highest BCUT2D eigenvalue weighted by Gasteiger charge is 2.29. The van der Waals surface area contributed by atoms with E-state index >= 15 is 0 Å². The van der Waals surface area contributed by atoms with Crippen molar-refractivity contribution in [3.05, 3.63) is 107 Å². The van der Waals surface area contributed by atoms with Gasteiger partial charge in [-0.05, 0) is 88.7 Å². The van der Waals surface area contributed by atoms with Crippen molar-refractivity contribution in [1.29, 1.82) is 0 Å². The van der Waals surface area contributed by atoms with Crippen molar-refractivity contribution < 1.29 is 9.59 Å². The monoisotopic (exact) mass is 508 g/mol. The summed E-state index contributed by atoms with van der Waals surface area (Å²) in [4.78, 5) is 30.4. The van der Waals surface area contributed by atoms with Gasteiger partial charge >= 0.3 is 0 Å². The second-order valence-corrected chi connectivity index (χ2v) is 11.1. The standard InChI is InChI=1S/C34H40N2O2/c1-25(33(37)31-9-5-3-6-10-31)35-21-17-29(18-22-35)27-13-15-28(16-14-27)30-19-23-36(24-20-30)26(2)34(38)32-11-7-4-8-12-32/h3-16,25-26,29-30H,17-24H2,1-2H3. The van der Waals surface area contributed by atoms with Crippen LogP contribution in [0.1, 0.15) is 83.2 Å². The van der Waals surface area contributed by atoms with Gasteiger partial charge in [0.05, 0.1) is 12.1 Å². The molecule has 0 N–H and O–H groups in total. The van der Waals surface area contributed by atoms with E-state index in [1.165, 1.54) is 11.1 Å². The molecule has 4 heteroatoms. The van der Waals surface area contributed by atoms with Gasteiger partial charge in [0, 0.05) is 11.1 Å². The molecule has 0 spiro atoms. The summed E-state index contributed by atoms with van der Waals surface area (Å²) in [6.07, 6.45) is 4.38. The number of nitrogens with zero attached hydrogens (tertiary/aromatic N) is 2. The third-order valence-corrected chi connectivity index (χ3v) is 8.91. The molecule has 38 heavy (non-hydrogen) atoms. The van der Waals surface area contributed by atoms with Crippen LogP contribution in [0.25, 0.3) is 0 Å². The number of carbonyl (C=O) groups excluding carboxylic acids is 2. The number of piperidine rings is 2. The van der Waals surface area contributed by atoms with Crippen LogP contribution in [0.5, 0.6) is 0 Å². The first-order chi connectivity index (χ1) is 18.5. The summed E-state index contributed by atoms with van der Waals surface area (Å²) >= 11 is 0. The van der Waals surface area contributed by atoms with Crippen molar-refractivity contribution in [2.45, 2.75) is 63.5 Å². The highest BCUT2D eigenvalue weighted by molar-refractivity contribution is 6.00. The van der Waals surface area contributed by atoms with Crippen molar-refractivity contribution in [2.24, 2.45) is 0 Å². The molecule has 0 aromatic heterocycles. The predicted molar refractivity (Wildman–Crippen MR) is 154 cm³/mol. The molecular formula is C34H40N2O2. The molecule has 2 fully saturated rings. The fourth-order valence-electron chi connectivity index (χ4n) is 6.30. The first-order valence-corrected chi connectivity index (χ1v) is 14.3. The lowest BCUT2D eigenvalue weighted by Gasteiger charge is -2.36. The molecular weight excluding hydrogens is 468 g/mol. The lowest BCUT2D eigenvalue weighted by molar-refractivity contribution is 0.0790. The second kappa shape index (κ2) is 12.2. The van der Waals surface area contributed by atoms with Gasteiger partial charge in [-0.2, -0.15) is 0 Å². The molecule has 0 amide bonds. The molecule has 0 saturated carbocycles. The number of rotatable bonds is 8. The number of likely N-dealkylation sites (tertiary alicyclic amines) is 2. The Morgan fingerprint density at radius 3 is 1.18 bits per heavy atom. The summed E-state index contributed by atoms with van der Waals surface area (Å²) in [5.41, 5.74) is 4.46. The zero-order valence-corrected chi connectivity index (χ0v) is 22.8. The average molecular weight is 509 g/mol. The van der Waals surface area contributed by atoms with Gasteiger partial charge in [0.2, 0.25) is 0 Å². The van der Waals surface area contributed by atoms with Gasteiger partial charge < -0.3 is 0 Å². The van der Waals surface area contributed by atoms with Gasteiger partial charge in [-0.15, -0.1) is 0 Å². The summed E-state index contributed by atoms with van der Waals surface area (Å²) in [5, 5.41) is 0. The van der Waals surface area contributed by atoms with Crippen molar-refractivity contribution in [3.63, 3.8) is 0 Å². The van der Waals surface area contributed by atoms with E-state index in [9.17, 15) is 9.59 Å². The minimum Gasteiger partial charge on any atom is -0.293 e. The predicted octanol–water partition coefficient (Wildman–Crippen LogP) is 6.59. The average Bonchev–Trinajstić information content (AvgIpc) is 3.00. The Labute approximate surface area is 227 Å². The first kappa shape index (κ1) is 26.5. The molecule has 2 heterocycles. The number of ketones is 2. The molecule has 2 atom stereocenters. The van der Waals surface area contributed by atoms with Crippen LogP contribution in [0.4, 0.5) is 0 Å². The Morgan fingerprint density at radius 2 is 0.868 bits per heavy atom. The quantitative estimate of drug-likeness (QED) is 0.322. The molecule has 3 aromatic rings. The third-order valence-electron chi connectivity index (χ3n) is 8.91. The fourth-order valence-corrected chi connectivity index (χ4v) is 6.30. The maximum absolute atomic E-state index is 12.9. The van der Waals surface area contributed by atoms with Crippen LogP contribution in [-0.2, 0) is 0 Å². The van der Waals surface area contributed by atoms with Crippen LogP contribution in [0, 0.1) is 0 Å².